The van der Waals surface area contributed by atoms with Crippen LogP contribution in [0.1, 0.15) is 28.7 Å². The molecule has 0 radical (unpaired) electrons. The summed E-state index contributed by atoms with van der Waals surface area (Å²) < 4.78 is 6.31. The quantitative estimate of drug-likeness (QED) is 0.300. The summed E-state index contributed by atoms with van der Waals surface area (Å²) in [4.78, 5) is 15.4. The second-order valence-electron chi connectivity index (χ2n) is 8.13. The van der Waals surface area contributed by atoms with E-state index in [2.05, 4.69) is 50.5 Å². The second-order valence-corrected chi connectivity index (χ2v) is 8.98. The summed E-state index contributed by atoms with van der Waals surface area (Å²) >= 11 is 3.48. The lowest BCUT2D eigenvalue weighted by Gasteiger charge is -2.19. The number of aromatic amines is 1. The number of ether oxygens (including phenoxy) is 1. The molecule has 4 N–H and O–H groups in total. The number of nitrogens with one attached hydrogen (secondary N) is 2. The summed E-state index contributed by atoms with van der Waals surface area (Å²) in [6.07, 6.45) is -1.34. The van der Waals surface area contributed by atoms with Crippen LogP contribution in [-0.4, -0.2) is 40.5 Å². The van der Waals surface area contributed by atoms with Gasteiger partial charge < -0.3 is 25.3 Å². The van der Waals surface area contributed by atoms with Crippen LogP contribution in [0, 0.1) is 0 Å². The van der Waals surface area contributed by atoms with Gasteiger partial charge in [0.05, 0.1) is 0 Å². The van der Waals surface area contributed by atoms with Gasteiger partial charge in [-0.1, -0.05) is 70.5 Å². The van der Waals surface area contributed by atoms with Crippen molar-refractivity contribution in [2.45, 2.75) is 18.1 Å². The Morgan fingerprint density at radius 1 is 1.00 bits per heavy atom. The first kappa shape index (κ1) is 21.7. The number of H-pyrrole nitrogens is 1. The average Bonchev–Trinajstić information content (AvgIpc) is 3.41. The van der Waals surface area contributed by atoms with Gasteiger partial charge in [-0.05, 0) is 34.4 Å². The molecule has 3 aromatic carbocycles. The zero-order valence-electron chi connectivity index (χ0n) is 17.7. The standard InChI is InChI=1S/C26H23BrN2O4/c27-21-10-5-11-22-24(21)19(12-28-22)25(31)23(30)13-29-26(32)33-14-20-17-8-3-1-6-15(17)16-7-2-4-9-18(16)20/h1-12,20,23,25,28,30-31H,13-14H2,(H,29,32). The molecule has 2 atom stereocenters. The molecule has 7 heteroatoms. The van der Waals surface area contributed by atoms with Gasteiger partial charge >= 0.3 is 6.09 Å². The number of amides is 1. The zero-order valence-corrected chi connectivity index (χ0v) is 19.2. The maximum absolute atomic E-state index is 12.4. The predicted molar refractivity (Wildman–Crippen MR) is 130 cm³/mol. The van der Waals surface area contributed by atoms with E-state index in [1.165, 1.54) is 0 Å². The van der Waals surface area contributed by atoms with Gasteiger partial charge in [0, 0.05) is 39.6 Å². The minimum atomic E-state index is -1.20. The molecule has 2 unspecified atom stereocenters. The monoisotopic (exact) mass is 506 g/mol. The first-order chi connectivity index (χ1) is 16.0. The van der Waals surface area contributed by atoms with Gasteiger partial charge in [0.2, 0.25) is 0 Å². The molecule has 0 spiro atoms. The van der Waals surface area contributed by atoms with Crippen molar-refractivity contribution in [1.82, 2.24) is 10.3 Å². The van der Waals surface area contributed by atoms with Crippen molar-refractivity contribution in [3.63, 3.8) is 0 Å². The number of carbonyl (C=O) groups excluding carboxylic acids is 1. The highest BCUT2D eigenvalue weighted by atomic mass is 79.9. The van der Waals surface area contributed by atoms with Crippen molar-refractivity contribution in [3.05, 3.63) is 94.1 Å². The highest BCUT2D eigenvalue weighted by Gasteiger charge is 2.29. The maximum atomic E-state index is 12.4. The molecule has 5 rings (SSSR count). The highest BCUT2D eigenvalue weighted by molar-refractivity contribution is 9.10. The molecule has 6 nitrogen and oxygen atoms in total. The number of alkyl carbamates (subject to hydrolysis) is 1. The first-order valence-electron chi connectivity index (χ1n) is 10.7. The molecule has 0 bridgehead atoms. The van der Waals surface area contributed by atoms with Gasteiger partial charge in [0.25, 0.3) is 0 Å². The van der Waals surface area contributed by atoms with E-state index in [1.54, 1.807) is 6.20 Å². The van der Waals surface area contributed by atoms with Gasteiger partial charge in [-0.3, -0.25) is 0 Å². The zero-order chi connectivity index (χ0) is 22.9. The molecule has 1 aliphatic carbocycles. The Morgan fingerprint density at radius 2 is 1.67 bits per heavy atom. The average molecular weight is 507 g/mol. The van der Waals surface area contributed by atoms with E-state index in [0.29, 0.717) is 5.56 Å². The Balaban J connectivity index is 1.21. The van der Waals surface area contributed by atoms with Crippen LogP contribution in [0.2, 0.25) is 0 Å². The summed E-state index contributed by atoms with van der Waals surface area (Å²) in [5.74, 6) is -0.0396. The normalized spacial score (nSPS) is 14.5. The van der Waals surface area contributed by atoms with Gasteiger partial charge in [-0.15, -0.1) is 0 Å². The van der Waals surface area contributed by atoms with Crippen molar-refractivity contribution in [2.75, 3.05) is 13.2 Å². The minimum Gasteiger partial charge on any atom is -0.449 e. The number of hydrogen-bond acceptors (Lipinski definition) is 4. The van der Waals surface area contributed by atoms with Crippen molar-refractivity contribution in [3.8, 4) is 11.1 Å². The molecule has 4 aromatic rings. The second kappa shape index (κ2) is 9.02. The van der Waals surface area contributed by atoms with Crippen LogP contribution in [0.25, 0.3) is 22.0 Å². The molecular weight excluding hydrogens is 484 g/mol. The third kappa shape index (κ3) is 4.04. The Bertz CT molecular complexity index is 1270. The van der Waals surface area contributed by atoms with Crippen molar-refractivity contribution in [2.24, 2.45) is 0 Å². The number of hydrogen-bond donors (Lipinski definition) is 4. The molecule has 168 valence electrons. The number of fused-ring (bicyclic) bond motifs is 4. The van der Waals surface area contributed by atoms with E-state index in [-0.39, 0.29) is 19.1 Å². The molecular formula is C26H23BrN2O4. The molecule has 1 aromatic heterocycles. The van der Waals surface area contributed by atoms with E-state index in [4.69, 9.17) is 4.74 Å². The van der Waals surface area contributed by atoms with Crippen LogP contribution < -0.4 is 5.32 Å². The Labute approximate surface area is 199 Å². The SMILES string of the molecule is O=C(NCC(O)C(O)c1c[nH]c2cccc(Br)c12)OCC1c2ccccc2-c2ccccc21. The first-order valence-corrected chi connectivity index (χ1v) is 11.5. The third-order valence-corrected chi connectivity index (χ3v) is 6.83. The maximum Gasteiger partial charge on any atom is 0.407 e. The fourth-order valence-electron chi connectivity index (χ4n) is 4.55. The van der Waals surface area contributed by atoms with E-state index in [0.717, 1.165) is 37.6 Å². The van der Waals surface area contributed by atoms with Gasteiger partial charge in [0.1, 0.15) is 18.8 Å². The summed E-state index contributed by atoms with van der Waals surface area (Å²) in [5.41, 5.74) is 5.98. The van der Waals surface area contributed by atoms with Gasteiger partial charge in [-0.25, -0.2) is 4.79 Å². The van der Waals surface area contributed by atoms with Gasteiger partial charge in [-0.2, -0.15) is 0 Å². The van der Waals surface area contributed by atoms with Gasteiger partial charge in [0.15, 0.2) is 0 Å². The topological polar surface area (TPSA) is 94.6 Å². The van der Waals surface area contributed by atoms with Crippen LogP contribution in [0.5, 0.6) is 0 Å². The largest absolute Gasteiger partial charge is 0.449 e. The molecule has 0 saturated carbocycles. The lowest BCUT2D eigenvalue weighted by atomic mass is 9.98. The number of aliphatic hydroxyl groups is 2. The molecule has 1 aliphatic rings. The summed E-state index contributed by atoms with van der Waals surface area (Å²) in [6, 6.07) is 21.9. The van der Waals surface area contributed by atoms with Crippen LogP contribution >= 0.6 is 15.9 Å². The van der Waals surface area contributed by atoms with Crippen molar-refractivity contribution < 1.29 is 19.7 Å². The van der Waals surface area contributed by atoms with E-state index < -0.39 is 18.3 Å². The van der Waals surface area contributed by atoms with Crippen LogP contribution in [0.3, 0.4) is 0 Å². The summed E-state index contributed by atoms with van der Waals surface area (Å²) in [6.45, 7) is 0.0445. The fraction of sp³-hybridized carbons (Fsp3) is 0.192. The number of rotatable bonds is 6. The van der Waals surface area contributed by atoms with Crippen molar-refractivity contribution >= 4 is 32.9 Å². The minimum absolute atomic E-state index is 0.0396. The van der Waals surface area contributed by atoms with Crippen molar-refractivity contribution in [1.29, 1.82) is 0 Å². The number of halogens is 1. The predicted octanol–water partition coefficient (Wildman–Crippen LogP) is 4.86. The smallest absolute Gasteiger partial charge is 0.407 e. The lowest BCUT2D eigenvalue weighted by molar-refractivity contribution is 0.0194. The molecule has 1 amide bonds. The number of benzene rings is 3. The molecule has 0 aliphatic heterocycles. The number of carbonyl (C=O) groups is 1. The Morgan fingerprint density at radius 3 is 2.36 bits per heavy atom. The van der Waals surface area contributed by atoms with Crippen LogP contribution in [-0.2, 0) is 4.74 Å². The highest BCUT2D eigenvalue weighted by Crippen LogP contribution is 2.44. The Hall–Kier alpha value is -3.13. The summed E-state index contributed by atoms with van der Waals surface area (Å²) in [5, 5.41) is 24.5. The van der Waals surface area contributed by atoms with Crippen LogP contribution in [0.4, 0.5) is 4.79 Å². The molecule has 1 heterocycles. The molecule has 0 fully saturated rings. The third-order valence-electron chi connectivity index (χ3n) is 6.17. The lowest BCUT2D eigenvalue weighted by Crippen LogP contribution is -2.36. The van der Waals surface area contributed by atoms with Crippen LogP contribution in [0.15, 0.2) is 77.4 Å². The number of aromatic nitrogens is 1. The Kier molecular flexibility index (Phi) is 5.93. The van der Waals surface area contributed by atoms with E-state index in [1.807, 2.05) is 42.5 Å². The molecule has 33 heavy (non-hydrogen) atoms. The molecule has 0 saturated heterocycles. The van der Waals surface area contributed by atoms with E-state index in [9.17, 15) is 15.0 Å². The fourth-order valence-corrected chi connectivity index (χ4v) is 5.15. The van der Waals surface area contributed by atoms with E-state index >= 15 is 0 Å². The number of aliphatic hydroxyl groups excluding tert-OH is 2. The summed E-state index contributed by atoms with van der Waals surface area (Å²) in [7, 11) is 0.